The molecule has 0 fully saturated rings. The van der Waals surface area contributed by atoms with Crippen molar-refractivity contribution in [3.63, 3.8) is 0 Å². The van der Waals surface area contributed by atoms with Gasteiger partial charge in [0.15, 0.2) is 0 Å². The van der Waals surface area contributed by atoms with E-state index in [4.69, 9.17) is 0 Å². The summed E-state index contributed by atoms with van der Waals surface area (Å²) in [7, 11) is 0. The predicted octanol–water partition coefficient (Wildman–Crippen LogP) is 1.60. The largest absolute Gasteiger partial charge is 0.260 e. The fraction of sp³-hybridized carbons (Fsp3) is 0.333. The first-order valence-corrected chi connectivity index (χ1v) is 3.46. The standard InChI is InChI=1S/C6H11NS/c1-3-5-7-8-6-4-2/h3-4,7H,1-2,5-6H2. The van der Waals surface area contributed by atoms with Crippen LogP contribution in [-0.2, 0) is 0 Å². The zero-order valence-electron chi connectivity index (χ0n) is 4.89. The molecular formula is C6H11NS. The third-order valence-corrected chi connectivity index (χ3v) is 1.30. The van der Waals surface area contributed by atoms with Gasteiger partial charge in [-0.25, -0.2) is 0 Å². The van der Waals surface area contributed by atoms with E-state index in [1.165, 1.54) is 0 Å². The van der Waals surface area contributed by atoms with Gasteiger partial charge in [0, 0.05) is 12.3 Å². The quantitative estimate of drug-likeness (QED) is 0.344. The van der Waals surface area contributed by atoms with Crippen LogP contribution in [0.15, 0.2) is 25.3 Å². The van der Waals surface area contributed by atoms with Crippen LogP contribution in [0.5, 0.6) is 0 Å². The Morgan fingerprint density at radius 1 is 1.38 bits per heavy atom. The van der Waals surface area contributed by atoms with E-state index in [1.807, 2.05) is 12.2 Å². The molecule has 0 atom stereocenters. The molecule has 0 aromatic heterocycles. The Bertz CT molecular complexity index is 60.9. The molecule has 0 aromatic rings. The van der Waals surface area contributed by atoms with E-state index in [-0.39, 0.29) is 0 Å². The summed E-state index contributed by atoms with van der Waals surface area (Å²) in [4.78, 5) is 0. The molecule has 46 valence electrons. The maximum absolute atomic E-state index is 3.57. The lowest BCUT2D eigenvalue weighted by atomic mass is 10.7. The molecule has 1 nitrogen and oxygen atoms in total. The average molecular weight is 129 g/mol. The van der Waals surface area contributed by atoms with E-state index in [1.54, 1.807) is 11.9 Å². The molecule has 0 spiro atoms. The molecule has 0 aliphatic rings. The molecule has 2 heteroatoms. The first-order chi connectivity index (χ1) is 3.91. The smallest absolute Gasteiger partial charge is 0.0257 e. The van der Waals surface area contributed by atoms with Gasteiger partial charge in [-0.15, -0.1) is 13.2 Å². The van der Waals surface area contributed by atoms with Crippen molar-refractivity contribution in [3.8, 4) is 0 Å². The van der Waals surface area contributed by atoms with Gasteiger partial charge in [0.1, 0.15) is 0 Å². The Labute approximate surface area is 55.0 Å². The van der Waals surface area contributed by atoms with E-state index in [9.17, 15) is 0 Å². The first kappa shape index (κ1) is 7.79. The molecule has 0 radical (unpaired) electrons. The topological polar surface area (TPSA) is 12.0 Å². The van der Waals surface area contributed by atoms with Crippen LogP contribution in [0.1, 0.15) is 0 Å². The van der Waals surface area contributed by atoms with Gasteiger partial charge in [0.05, 0.1) is 0 Å². The Balaban J connectivity index is 2.71. The molecule has 0 heterocycles. The maximum Gasteiger partial charge on any atom is 0.0257 e. The highest BCUT2D eigenvalue weighted by atomic mass is 32.2. The van der Waals surface area contributed by atoms with Crippen LogP contribution in [-0.4, -0.2) is 12.3 Å². The lowest BCUT2D eigenvalue weighted by Crippen LogP contribution is -2.01. The van der Waals surface area contributed by atoms with Crippen molar-refractivity contribution < 1.29 is 0 Å². The Morgan fingerprint density at radius 2 is 2.12 bits per heavy atom. The van der Waals surface area contributed by atoms with Crippen LogP contribution in [0.25, 0.3) is 0 Å². The molecule has 0 rings (SSSR count). The van der Waals surface area contributed by atoms with Crippen molar-refractivity contribution in [2.45, 2.75) is 0 Å². The monoisotopic (exact) mass is 129 g/mol. The summed E-state index contributed by atoms with van der Waals surface area (Å²) < 4.78 is 3.06. The summed E-state index contributed by atoms with van der Waals surface area (Å²) in [5.74, 6) is 0.952. The van der Waals surface area contributed by atoms with Crippen LogP contribution in [0.2, 0.25) is 0 Å². The maximum atomic E-state index is 3.57. The fourth-order valence-corrected chi connectivity index (χ4v) is 0.707. The zero-order valence-corrected chi connectivity index (χ0v) is 5.71. The molecule has 8 heavy (non-hydrogen) atoms. The highest BCUT2D eigenvalue weighted by Crippen LogP contribution is 1.89. The van der Waals surface area contributed by atoms with E-state index < -0.39 is 0 Å². The Hall–Kier alpha value is -0.210. The van der Waals surface area contributed by atoms with Crippen molar-refractivity contribution in [3.05, 3.63) is 25.3 Å². The molecule has 0 aliphatic carbocycles. The summed E-state index contributed by atoms with van der Waals surface area (Å²) in [5.41, 5.74) is 0. The summed E-state index contributed by atoms with van der Waals surface area (Å²) in [6.45, 7) is 7.99. The summed E-state index contributed by atoms with van der Waals surface area (Å²) in [5, 5.41) is 0. The van der Waals surface area contributed by atoms with Gasteiger partial charge in [-0.2, -0.15) is 0 Å². The van der Waals surface area contributed by atoms with Gasteiger partial charge in [0.25, 0.3) is 0 Å². The highest BCUT2D eigenvalue weighted by Gasteiger charge is 1.76. The Kier molecular flexibility index (Phi) is 6.61. The van der Waals surface area contributed by atoms with Crippen molar-refractivity contribution >= 4 is 11.9 Å². The van der Waals surface area contributed by atoms with Crippen LogP contribution >= 0.6 is 11.9 Å². The van der Waals surface area contributed by atoms with E-state index in [0.717, 1.165) is 12.3 Å². The third-order valence-electron chi connectivity index (χ3n) is 0.531. The van der Waals surface area contributed by atoms with Crippen molar-refractivity contribution in [2.24, 2.45) is 0 Å². The Morgan fingerprint density at radius 3 is 2.62 bits per heavy atom. The summed E-state index contributed by atoms with van der Waals surface area (Å²) in [6.07, 6.45) is 3.69. The van der Waals surface area contributed by atoms with Gasteiger partial charge < -0.3 is 0 Å². The normalized spacial score (nSPS) is 8.50. The van der Waals surface area contributed by atoms with Crippen LogP contribution < -0.4 is 4.72 Å². The van der Waals surface area contributed by atoms with Gasteiger partial charge in [-0.05, 0) is 0 Å². The SMILES string of the molecule is C=CCNSCC=C. The second-order valence-electron chi connectivity index (χ2n) is 1.24. The number of hydrogen-bond donors (Lipinski definition) is 1. The number of nitrogens with one attached hydrogen (secondary N) is 1. The molecule has 0 unspecified atom stereocenters. The predicted molar refractivity (Wildman–Crippen MR) is 40.9 cm³/mol. The summed E-state index contributed by atoms with van der Waals surface area (Å²) in [6, 6.07) is 0. The molecule has 0 saturated heterocycles. The van der Waals surface area contributed by atoms with Crippen LogP contribution in [0.4, 0.5) is 0 Å². The van der Waals surface area contributed by atoms with Crippen molar-refractivity contribution in [1.29, 1.82) is 0 Å². The van der Waals surface area contributed by atoms with E-state index in [0.29, 0.717) is 0 Å². The molecule has 1 N–H and O–H groups in total. The van der Waals surface area contributed by atoms with Crippen LogP contribution in [0, 0.1) is 0 Å². The first-order valence-electron chi connectivity index (χ1n) is 2.48. The van der Waals surface area contributed by atoms with E-state index in [2.05, 4.69) is 17.9 Å². The number of hydrogen-bond acceptors (Lipinski definition) is 2. The molecule has 0 aliphatic heterocycles. The van der Waals surface area contributed by atoms with Gasteiger partial charge in [-0.3, -0.25) is 4.72 Å². The minimum absolute atomic E-state index is 0.860. The molecule has 0 amide bonds. The van der Waals surface area contributed by atoms with Gasteiger partial charge >= 0.3 is 0 Å². The second-order valence-corrected chi connectivity index (χ2v) is 2.15. The zero-order chi connectivity index (χ0) is 6.24. The molecular weight excluding hydrogens is 118 g/mol. The average Bonchev–Trinajstić information content (AvgIpc) is 1.81. The number of rotatable bonds is 5. The second kappa shape index (κ2) is 6.79. The molecule has 0 aromatic carbocycles. The molecule has 0 bridgehead atoms. The molecule has 0 saturated carbocycles. The highest BCUT2D eigenvalue weighted by molar-refractivity contribution is 7.97. The lowest BCUT2D eigenvalue weighted by molar-refractivity contribution is 1.13. The third kappa shape index (κ3) is 5.79. The van der Waals surface area contributed by atoms with Gasteiger partial charge in [-0.1, -0.05) is 24.1 Å². The van der Waals surface area contributed by atoms with Crippen molar-refractivity contribution in [2.75, 3.05) is 12.3 Å². The summed E-state index contributed by atoms with van der Waals surface area (Å²) >= 11 is 1.64. The fourth-order valence-electron chi connectivity index (χ4n) is 0.236. The van der Waals surface area contributed by atoms with Crippen molar-refractivity contribution in [1.82, 2.24) is 4.72 Å². The minimum atomic E-state index is 0.860. The van der Waals surface area contributed by atoms with Gasteiger partial charge in [0.2, 0.25) is 0 Å². The lowest BCUT2D eigenvalue weighted by Gasteiger charge is -1.93. The van der Waals surface area contributed by atoms with E-state index >= 15 is 0 Å². The van der Waals surface area contributed by atoms with Crippen LogP contribution in [0.3, 0.4) is 0 Å². The minimum Gasteiger partial charge on any atom is -0.260 e.